The first-order valence-corrected chi connectivity index (χ1v) is 10.3. The molecule has 0 radical (unpaired) electrons. The monoisotopic (exact) mass is 441 g/mol. The van der Waals surface area contributed by atoms with E-state index in [2.05, 4.69) is 20.7 Å². The summed E-state index contributed by atoms with van der Waals surface area (Å²) < 4.78 is 21.4. The summed E-state index contributed by atoms with van der Waals surface area (Å²) in [6, 6.07) is 7.85. The van der Waals surface area contributed by atoms with Crippen molar-refractivity contribution in [3.8, 4) is 0 Å². The number of rotatable bonds is 7. The van der Waals surface area contributed by atoms with Crippen LogP contribution in [-0.4, -0.2) is 66.0 Å². The number of halogens is 1. The van der Waals surface area contributed by atoms with E-state index in [4.69, 9.17) is 10.5 Å². The van der Waals surface area contributed by atoms with E-state index in [0.717, 1.165) is 0 Å². The molecule has 0 aliphatic carbocycles. The lowest BCUT2D eigenvalue weighted by molar-refractivity contribution is -0.121. The predicted molar refractivity (Wildman–Crippen MR) is 117 cm³/mol. The number of fused-ring (bicyclic) bond motifs is 1. The van der Waals surface area contributed by atoms with Crippen LogP contribution in [0.3, 0.4) is 0 Å². The van der Waals surface area contributed by atoms with E-state index < -0.39 is 11.7 Å². The van der Waals surface area contributed by atoms with Gasteiger partial charge < -0.3 is 26.0 Å². The van der Waals surface area contributed by atoms with Crippen LogP contribution in [0.25, 0.3) is 10.9 Å². The Morgan fingerprint density at radius 1 is 1.22 bits per heavy atom. The van der Waals surface area contributed by atoms with Crippen molar-refractivity contribution in [1.29, 1.82) is 0 Å². The lowest BCUT2D eigenvalue weighted by Gasteiger charge is -2.27. The van der Waals surface area contributed by atoms with Crippen LogP contribution in [0.2, 0.25) is 0 Å². The molecule has 0 unspecified atom stereocenters. The summed E-state index contributed by atoms with van der Waals surface area (Å²) in [4.78, 5) is 31.0. The Labute approximate surface area is 183 Å². The van der Waals surface area contributed by atoms with E-state index in [0.29, 0.717) is 56.1 Å². The van der Waals surface area contributed by atoms with Crippen molar-refractivity contribution in [3.05, 3.63) is 48.0 Å². The number of hydrogen-bond donors (Lipinski definition) is 3. The Kier molecular flexibility index (Phi) is 6.57. The molecule has 1 aliphatic heterocycles. The zero-order chi connectivity index (χ0) is 22.5. The maximum Gasteiger partial charge on any atom is 0.274 e. The summed E-state index contributed by atoms with van der Waals surface area (Å²) in [6.45, 7) is 3.28. The average molecular weight is 441 g/mol. The maximum absolute atomic E-state index is 14.6. The lowest BCUT2D eigenvalue weighted by Crippen LogP contribution is -2.37. The van der Waals surface area contributed by atoms with Crippen molar-refractivity contribution < 1.29 is 18.7 Å². The lowest BCUT2D eigenvalue weighted by atomic mass is 10.2. The van der Waals surface area contributed by atoms with Gasteiger partial charge in [-0.2, -0.15) is 5.10 Å². The number of ether oxygens (including phenoxy) is 1. The number of nitrogens with one attached hydrogen (secondary N) is 2. The fraction of sp³-hybridized carbons (Fsp3) is 0.333. The van der Waals surface area contributed by atoms with Crippen molar-refractivity contribution in [2.24, 2.45) is 5.73 Å². The van der Waals surface area contributed by atoms with Gasteiger partial charge in [0, 0.05) is 43.8 Å². The van der Waals surface area contributed by atoms with E-state index >= 15 is 0 Å². The largest absolute Gasteiger partial charge is 0.378 e. The van der Waals surface area contributed by atoms with Crippen molar-refractivity contribution in [2.75, 3.05) is 49.6 Å². The fourth-order valence-electron chi connectivity index (χ4n) is 3.39. The number of carbonyl (C=O) groups is 2. The Bertz CT molecular complexity index is 1130. The Morgan fingerprint density at radius 3 is 2.81 bits per heavy atom. The van der Waals surface area contributed by atoms with E-state index in [9.17, 15) is 14.0 Å². The Morgan fingerprint density at radius 2 is 2.03 bits per heavy atom. The molecule has 1 aromatic carbocycles. The summed E-state index contributed by atoms with van der Waals surface area (Å²) in [5.41, 5.74) is 5.93. The number of aromatic nitrogens is 3. The molecule has 3 heterocycles. The van der Waals surface area contributed by atoms with E-state index in [1.807, 2.05) is 11.0 Å². The van der Waals surface area contributed by atoms with Gasteiger partial charge in [-0.3, -0.25) is 14.3 Å². The quantitative estimate of drug-likeness (QED) is 0.493. The van der Waals surface area contributed by atoms with Gasteiger partial charge in [0.05, 0.1) is 24.4 Å². The van der Waals surface area contributed by atoms with Crippen LogP contribution in [0, 0.1) is 5.82 Å². The van der Waals surface area contributed by atoms with Crippen LogP contribution in [-0.2, 0) is 16.1 Å². The predicted octanol–water partition coefficient (Wildman–Crippen LogP) is 0.734. The molecule has 1 saturated heterocycles. The number of nitrogens with two attached hydrogens (primary N) is 1. The van der Waals surface area contributed by atoms with Gasteiger partial charge in [-0.05, 0) is 18.2 Å². The first kappa shape index (κ1) is 21.7. The molecule has 0 bridgehead atoms. The van der Waals surface area contributed by atoms with Crippen LogP contribution < -0.4 is 21.3 Å². The molecule has 10 nitrogen and oxygen atoms in total. The molecule has 11 heteroatoms. The third-order valence-corrected chi connectivity index (χ3v) is 4.96. The average Bonchev–Trinajstić information content (AvgIpc) is 3.19. The Balaban J connectivity index is 1.49. The molecular weight excluding hydrogens is 417 g/mol. The molecule has 4 N–H and O–H groups in total. The first-order chi connectivity index (χ1) is 15.5. The van der Waals surface area contributed by atoms with Gasteiger partial charge in [0.2, 0.25) is 5.91 Å². The first-order valence-electron chi connectivity index (χ1n) is 10.3. The van der Waals surface area contributed by atoms with E-state index in [1.54, 1.807) is 18.3 Å². The van der Waals surface area contributed by atoms with Gasteiger partial charge in [-0.1, -0.05) is 6.07 Å². The van der Waals surface area contributed by atoms with Crippen molar-refractivity contribution in [1.82, 2.24) is 20.1 Å². The highest BCUT2D eigenvalue weighted by molar-refractivity contribution is 6.04. The second-order valence-electron chi connectivity index (χ2n) is 7.29. The highest BCUT2D eigenvalue weighted by Crippen LogP contribution is 2.23. The van der Waals surface area contributed by atoms with Crippen LogP contribution in [0.1, 0.15) is 10.5 Å². The minimum absolute atomic E-state index is 0.00760. The summed E-state index contributed by atoms with van der Waals surface area (Å²) in [5.74, 6) is -0.727. The van der Waals surface area contributed by atoms with Gasteiger partial charge in [-0.15, -0.1) is 0 Å². The number of nitrogens with zero attached hydrogens (tertiary/aromatic N) is 4. The zero-order valence-corrected chi connectivity index (χ0v) is 17.4. The summed E-state index contributed by atoms with van der Waals surface area (Å²) in [6.07, 6.45) is 1.61. The highest BCUT2D eigenvalue weighted by Gasteiger charge is 2.17. The molecule has 1 aliphatic rings. The van der Waals surface area contributed by atoms with Crippen molar-refractivity contribution in [3.63, 3.8) is 0 Å². The number of carbonyl (C=O) groups excluding carboxylic acids is 2. The Hall–Kier alpha value is -3.57. The number of amides is 2. The number of benzene rings is 1. The molecule has 0 spiro atoms. The molecule has 1 fully saturated rings. The second kappa shape index (κ2) is 9.71. The van der Waals surface area contributed by atoms with Crippen LogP contribution in [0.4, 0.5) is 15.9 Å². The molecule has 0 atom stereocenters. The van der Waals surface area contributed by atoms with Gasteiger partial charge in [-0.25, -0.2) is 9.37 Å². The number of hydrogen-bond acceptors (Lipinski definition) is 7. The van der Waals surface area contributed by atoms with Crippen LogP contribution in [0.15, 0.2) is 36.5 Å². The van der Waals surface area contributed by atoms with Crippen molar-refractivity contribution >= 4 is 34.2 Å². The van der Waals surface area contributed by atoms with Crippen LogP contribution in [0.5, 0.6) is 0 Å². The molecule has 2 aromatic heterocycles. The molecule has 4 rings (SSSR count). The molecular formula is C21H24FN7O3. The third-order valence-electron chi connectivity index (χ3n) is 4.96. The fourth-order valence-corrected chi connectivity index (χ4v) is 3.39. The van der Waals surface area contributed by atoms with Gasteiger partial charge in [0.1, 0.15) is 23.9 Å². The van der Waals surface area contributed by atoms with Gasteiger partial charge >= 0.3 is 0 Å². The second-order valence-corrected chi connectivity index (χ2v) is 7.29. The van der Waals surface area contributed by atoms with Gasteiger partial charge in [0.15, 0.2) is 0 Å². The minimum atomic E-state index is -0.631. The smallest absolute Gasteiger partial charge is 0.274 e. The summed E-state index contributed by atoms with van der Waals surface area (Å²) in [5, 5.41) is 10.0. The highest BCUT2D eigenvalue weighted by atomic mass is 19.1. The molecule has 168 valence electrons. The summed E-state index contributed by atoms with van der Waals surface area (Å²) >= 11 is 0. The normalized spacial score (nSPS) is 13.9. The maximum atomic E-state index is 14.6. The number of pyridine rings is 1. The molecule has 32 heavy (non-hydrogen) atoms. The topological polar surface area (TPSA) is 127 Å². The SMILES string of the molecule is NCCNC(=O)Cn1cc2cc(NC(=O)c3cccc(N4CCOCC4)n3)c(F)cc2n1. The third kappa shape index (κ3) is 5.01. The molecule has 2 amide bonds. The molecule has 3 aromatic rings. The van der Waals surface area contributed by atoms with Crippen LogP contribution >= 0.6 is 0 Å². The van der Waals surface area contributed by atoms with E-state index in [-0.39, 0.29) is 23.8 Å². The van der Waals surface area contributed by atoms with Crippen molar-refractivity contribution in [2.45, 2.75) is 6.54 Å². The summed E-state index contributed by atoms with van der Waals surface area (Å²) in [7, 11) is 0. The molecule has 0 saturated carbocycles. The number of anilines is 2. The zero-order valence-electron chi connectivity index (χ0n) is 17.4. The van der Waals surface area contributed by atoms with Gasteiger partial charge in [0.25, 0.3) is 5.91 Å². The standard InChI is InChI=1S/C21H24FN7O3/c22-15-11-17-14(12-29(27-17)13-20(30)24-5-4-23)10-18(15)26-21(31)16-2-1-3-19(25-16)28-6-8-32-9-7-28/h1-3,10-12H,4-9,13,23H2,(H,24,30)(H,26,31). The minimum Gasteiger partial charge on any atom is -0.378 e. The van der Waals surface area contributed by atoms with E-state index in [1.165, 1.54) is 16.8 Å². The number of morpholine rings is 1.